The van der Waals surface area contributed by atoms with Gasteiger partial charge >= 0.3 is 0 Å². The molecule has 2 fully saturated rings. The molecule has 0 saturated carbocycles. The van der Waals surface area contributed by atoms with Gasteiger partial charge in [-0.15, -0.1) is 0 Å². The Morgan fingerprint density at radius 2 is 2.08 bits per heavy atom. The van der Waals surface area contributed by atoms with Crippen molar-refractivity contribution in [2.45, 2.75) is 52.0 Å². The van der Waals surface area contributed by atoms with Gasteiger partial charge in [0.25, 0.3) is 0 Å². The highest BCUT2D eigenvalue weighted by molar-refractivity contribution is 6.30. The highest BCUT2D eigenvalue weighted by Gasteiger charge is 2.37. The van der Waals surface area contributed by atoms with E-state index >= 15 is 0 Å². The van der Waals surface area contributed by atoms with Crippen molar-refractivity contribution in [1.82, 2.24) is 9.80 Å². The van der Waals surface area contributed by atoms with Gasteiger partial charge in [0.1, 0.15) is 5.82 Å². The second-order valence-electron chi connectivity index (χ2n) is 7.56. The van der Waals surface area contributed by atoms with Crippen molar-refractivity contribution >= 4 is 17.5 Å². The van der Waals surface area contributed by atoms with Gasteiger partial charge in [-0.2, -0.15) is 0 Å². The molecule has 0 bridgehead atoms. The van der Waals surface area contributed by atoms with E-state index in [-0.39, 0.29) is 29.6 Å². The lowest BCUT2D eigenvalue weighted by molar-refractivity contribution is -0.138. The third kappa shape index (κ3) is 3.70. The normalized spacial score (nSPS) is 27.7. The molecule has 3 atom stereocenters. The van der Waals surface area contributed by atoms with Crippen LogP contribution in [-0.4, -0.2) is 47.9 Å². The number of benzene rings is 1. The van der Waals surface area contributed by atoms with Gasteiger partial charge in [-0.25, -0.2) is 4.39 Å². The number of piperidine rings is 1. The first-order chi connectivity index (χ1) is 11.9. The number of carbonyl (C=O) groups is 1. The number of aryl methyl sites for hydroxylation is 1. The van der Waals surface area contributed by atoms with Gasteiger partial charge in [-0.3, -0.25) is 9.69 Å². The predicted octanol–water partition coefficient (Wildman–Crippen LogP) is 4.22. The molecule has 2 aliphatic heterocycles. The van der Waals surface area contributed by atoms with E-state index < -0.39 is 0 Å². The smallest absolute Gasteiger partial charge is 0.239 e. The highest BCUT2D eigenvalue weighted by atomic mass is 35.5. The van der Waals surface area contributed by atoms with E-state index in [1.807, 2.05) is 17.9 Å². The number of hydrogen-bond donors (Lipinski definition) is 0. The zero-order valence-electron chi connectivity index (χ0n) is 15.4. The van der Waals surface area contributed by atoms with Gasteiger partial charge in [-0.05, 0) is 74.4 Å². The number of likely N-dealkylation sites (N-methyl/N-ethyl adjacent to an activating group) is 1. The molecule has 2 aliphatic rings. The van der Waals surface area contributed by atoms with Gasteiger partial charge in [-0.1, -0.05) is 25.4 Å². The van der Waals surface area contributed by atoms with Crippen LogP contribution in [-0.2, 0) is 4.79 Å². The molecule has 0 N–H and O–H groups in total. The Kier molecular flexibility index (Phi) is 5.69. The van der Waals surface area contributed by atoms with Crippen LogP contribution in [0.3, 0.4) is 0 Å². The Hall–Kier alpha value is -1.13. The van der Waals surface area contributed by atoms with E-state index in [9.17, 15) is 9.18 Å². The zero-order chi connectivity index (χ0) is 18.1. The van der Waals surface area contributed by atoms with Crippen LogP contribution in [0.15, 0.2) is 12.1 Å². The molecule has 138 valence electrons. The van der Waals surface area contributed by atoms with Gasteiger partial charge in [0, 0.05) is 18.1 Å². The number of carbonyl (C=O) groups excluding carboxylic acids is 1. The molecule has 1 amide bonds. The molecular weight excluding hydrogens is 339 g/mol. The van der Waals surface area contributed by atoms with Gasteiger partial charge < -0.3 is 4.90 Å². The SMILES string of the molecule is CCN1CCCC1C(=O)N1CCC(c2c(C)cc(Cl)cc2F)[C@H](C)C1. The van der Waals surface area contributed by atoms with Crippen molar-refractivity contribution in [2.24, 2.45) is 5.92 Å². The molecule has 2 unspecified atom stereocenters. The lowest BCUT2D eigenvalue weighted by Crippen LogP contribution is -2.50. The van der Waals surface area contributed by atoms with Crippen LogP contribution >= 0.6 is 11.6 Å². The Labute approximate surface area is 155 Å². The monoisotopic (exact) mass is 366 g/mol. The number of hydrogen-bond acceptors (Lipinski definition) is 2. The summed E-state index contributed by atoms with van der Waals surface area (Å²) >= 11 is 5.96. The maximum atomic E-state index is 14.5. The van der Waals surface area contributed by atoms with Crippen LogP contribution in [0.4, 0.5) is 4.39 Å². The second kappa shape index (κ2) is 7.63. The molecule has 0 radical (unpaired) electrons. The van der Waals surface area contributed by atoms with Crippen LogP contribution in [0.2, 0.25) is 5.02 Å². The number of nitrogens with zero attached hydrogens (tertiary/aromatic N) is 2. The summed E-state index contributed by atoms with van der Waals surface area (Å²) in [7, 11) is 0. The van der Waals surface area contributed by atoms with Crippen molar-refractivity contribution < 1.29 is 9.18 Å². The maximum Gasteiger partial charge on any atom is 0.239 e. The third-order valence-corrected chi connectivity index (χ3v) is 6.16. The first-order valence-electron chi connectivity index (χ1n) is 9.40. The predicted molar refractivity (Wildman–Crippen MR) is 99.5 cm³/mol. The van der Waals surface area contributed by atoms with Crippen molar-refractivity contribution in [1.29, 1.82) is 0 Å². The first kappa shape index (κ1) is 18.7. The van der Waals surface area contributed by atoms with Crippen molar-refractivity contribution in [3.63, 3.8) is 0 Å². The average molecular weight is 367 g/mol. The molecule has 0 aliphatic carbocycles. The largest absolute Gasteiger partial charge is 0.341 e. The fraction of sp³-hybridized carbons (Fsp3) is 0.650. The van der Waals surface area contributed by atoms with Crippen molar-refractivity contribution in [2.75, 3.05) is 26.2 Å². The van der Waals surface area contributed by atoms with Crippen molar-refractivity contribution in [3.05, 3.63) is 34.1 Å². The molecule has 3 nitrogen and oxygen atoms in total. The minimum atomic E-state index is -0.213. The Morgan fingerprint density at radius 3 is 2.72 bits per heavy atom. The molecule has 1 aromatic rings. The molecule has 2 saturated heterocycles. The fourth-order valence-electron chi connectivity index (χ4n) is 4.65. The summed E-state index contributed by atoms with van der Waals surface area (Å²) < 4.78 is 14.5. The lowest BCUT2D eigenvalue weighted by atomic mass is 9.79. The molecule has 0 aromatic heterocycles. The molecule has 25 heavy (non-hydrogen) atoms. The van der Waals surface area contributed by atoms with Crippen LogP contribution in [0.25, 0.3) is 0 Å². The second-order valence-corrected chi connectivity index (χ2v) is 8.00. The summed E-state index contributed by atoms with van der Waals surface area (Å²) in [5.41, 5.74) is 1.69. The van der Waals surface area contributed by atoms with Crippen LogP contribution in [0, 0.1) is 18.7 Å². The van der Waals surface area contributed by atoms with Crippen LogP contribution in [0.1, 0.15) is 50.2 Å². The van der Waals surface area contributed by atoms with E-state index in [2.05, 4.69) is 18.7 Å². The number of likely N-dealkylation sites (tertiary alicyclic amines) is 2. The zero-order valence-corrected chi connectivity index (χ0v) is 16.2. The van der Waals surface area contributed by atoms with Crippen molar-refractivity contribution in [3.8, 4) is 0 Å². The Morgan fingerprint density at radius 1 is 1.32 bits per heavy atom. The molecule has 1 aromatic carbocycles. The summed E-state index contributed by atoms with van der Waals surface area (Å²) in [4.78, 5) is 17.2. The molecule has 2 heterocycles. The van der Waals surface area contributed by atoms with Gasteiger partial charge in [0.15, 0.2) is 0 Å². The number of rotatable bonds is 3. The molecule has 5 heteroatoms. The first-order valence-corrected chi connectivity index (χ1v) is 9.78. The summed E-state index contributed by atoms with van der Waals surface area (Å²) in [5, 5.41) is 0.444. The van der Waals surface area contributed by atoms with E-state index in [1.165, 1.54) is 6.07 Å². The minimum Gasteiger partial charge on any atom is -0.341 e. The summed E-state index contributed by atoms with van der Waals surface area (Å²) in [6.45, 7) is 9.54. The average Bonchev–Trinajstić information content (AvgIpc) is 3.03. The minimum absolute atomic E-state index is 0.0442. The summed E-state index contributed by atoms with van der Waals surface area (Å²) in [6, 6.07) is 3.29. The number of halogens is 2. The number of amides is 1. The van der Waals surface area contributed by atoms with E-state index in [0.717, 1.165) is 43.5 Å². The third-order valence-electron chi connectivity index (χ3n) is 5.94. The Bertz CT molecular complexity index is 628. The Balaban J connectivity index is 1.72. The molecule has 0 spiro atoms. The molecular formula is C20H28ClFN2O. The fourth-order valence-corrected chi connectivity index (χ4v) is 4.91. The summed E-state index contributed by atoms with van der Waals surface area (Å²) in [5.74, 6) is 0.434. The van der Waals surface area contributed by atoms with E-state index in [4.69, 9.17) is 11.6 Å². The van der Waals surface area contributed by atoms with E-state index in [0.29, 0.717) is 18.1 Å². The highest BCUT2D eigenvalue weighted by Crippen LogP contribution is 2.37. The maximum absolute atomic E-state index is 14.5. The van der Waals surface area contributed by atoms with Gasteiger partial charge in [0.2, 0.25) is 5.91 Å². The summed E-state index contributed by atoms with van der Waals surface area (Å²) in [6.07, 6.45) is 2.88. The van der Waals surface area contributed by atoms with Crippen LogP contribution in [0.5, 0.6) is 0 Å². The lowest BCUT2D eigenvalue weighted by Gasteiger charge is -2.39. The van der Waals surface area contributed by atoms with E-state index in [1.54, 1.807) is 0 Å². The van der Waals surface area contributed by atoms with Gasteiger partial charge in [0.05, 0.1) is 6.04 Å². The van der Waals surface area contributed by atoms with Crippen LogP contribution < -0.4 is 0 Å². The standard InChI is InChI=1S/C20H28ClFN2O/c1-4-23-8-5-6-18(23)20(25)24-9-7-16(14(3)12-24)19-13(2)10-15(21)11-17(19)22/h10-11,14,16,18H,4-9,12H2,1-3H3/t14-,16?,18?/m1/s1. The molecule has 3 rings (SSSR count). The topological polar surface area (TPSA) is 23.6 Å². The quantitative estimate of drug-likeness (QED) is 0.799.